The van der Waals surface area contributed by atoms with Gasteiger partial charge in [-0.05, 0) is 42.7 Å². The number of aryl methyl sites for hydroxylation is 1. The number of anilines is 2. The summed E-state index contributed by atoms with van der Waals surface area (Å²) in [6, 6.07) is 31.7. The molecule has 2 heterocycles. The molecule has 3 aromatic rings. The van der Waals surface area contributed by atoms with Gasteiger partial charge < -0.3 is 4.90 Å². The van der Waals surface area contributed by atoms with Crippen molar-refractivity contribution >= 4 is 11.4 Å². The third-order valence-electron chi connectivity index (χ3n) is 6.14. The molecule has 0 spiro atoms. The molecular weight excluding hydrogens is 408 g/mol. The zero-order valence-corrected chi connectivity index (χ0v) is 18.1. The summed E-state index contributed by atoms with van der Waals surface area (Å²) in [5.41, 5.74) is 6.26. The molecular formula is C28H22N4O. The third-order valence-corrected chi connectivity index (χ3v) is 6.14. The Bertz CT molecular complexity index is 1460. The van der Waals surface area contributed by atoms with E-state index in [1.165, 1.54) is 5.56 Å². The molecule has 0 radical (unpaired) electrons. The molecule has 6 rings (SSSR count). The van der Waals surface area contributed by atoms with Gasteiger partial charge in [0.25, 0.3) is 0 Å². The number of aromatic nitrogens is 3. The lowest BCUT2D eigenvalue weighted by Gasteiger charge is -2.31. The molecule has 0 fully saturated rings. The summed E-state index contributed by atoms with van der Waals surface area (Å²) in [6.07, 6.45) is 2.04. The predicted molar refractivity (Wildman–Crippen MR) is 131 cm³/mol. The molecule has 3 aromatic carbocycles. The molecule has 1 aliphatic carbocycles. The Morgan fingerprint density at radius 3 is 2.30 bits per heavy atom. The summed E-state index contributed by atoms with van der Waals surface area (Å²) < 4.78 is 1.82. The van der Waals surface area contributed by atoms with Gasteiger partial charge in [0.15, 0.2) is 5.82 Å². The van der Waals surface area contributed by atoms with Crippen molar-refractivity contribution < 1.29 is 0 Å². The molecule has 0 saturated heterocycles. The maximum atomic E-state index is 13.4. The van der Waals surface area contributed by atoms with E-state index in [0.717, 1.165) is 42.0 Å². The molecule has 0 atom stereocenters. The number of rotatable bonds is 3. The number of benzene rings is 4. The van der Waals surface area contributed by atoms with Crippen LogP contribution in [0.1, 0.15) is 12.0 Å². The van der Waals surface area contributed by atoms with Crippen molar-refractivity contribution in [1.82, 2.24) is 14.8 Å². The molecule has 0 saturated carbocycles. The van der Waals surface area contributed by atoms with E-state index in [1.54, 1.807) is 6.07 Å². The maximum Gasteiger partial charge on any atom is 0.204 e. The predicted octanol–water partition coefficient (Wildman–Crippen LogP) is 5.48. The van der Waals surface area contributed by atoms with Gasteiger partial charge in [0.2, 0.25) is 5.43 Å². The molecule has 0 N–H and O–H groups in total. The van der Waals surface area contributed by atoms with E-state index in [1.807, 2.05) is 77.5 Å². The smallest absolute Gasteiger partial charge is 0.204 e. The summed E-state index contributed by atoms with van der Waals surface area (Å²) >= 11 is 0. The monoisotopic (exact) mass is 430 g/mol. The Morgan fingerprint density at radius 1 is 0.758 bits per heavy atom. The minimum atomic E-state index is -0.0278. The van der Waals surface area contributed by atoms with E-state index in [4.69, 9.17) is 10.1 Å². The van der Waals surface area contributed by atoms with Crippen LogP contribution in [0.3, 0.4) is 0 Å². The molecule has 5 heteroatoms. The highest BCUT2D eigenvalue weighted by Crippen LogP contribution is 2.34. The normalized spacial score (nSPS) is 13.2. The molecule has 0 amide bonds. The fourth-order valence-corrected chi connectivity index (χ4v) is 4.56. The first-order valence-electron chi connectivity index (χ1n) is 11.2. The lowest BCUT2D eigenvalue weighted by atomic mass is 10.0. The van der Waals surface area contributed by atoms with E-state index < -0.39 is 0 Å². The van der Waals surface area contributed by atoms with Crippen molar-refractivity contribution in [1.29, 1.82) is 0 Å². The quantitative estimate of drug-likeness (QED) is 0.380. The summed E-state index contributed by atoms with van der Waals surface area (Å²) in [4.78, 5) is 20.4. The molecule has 33 heavy (non-hydrogen) atoms. The van der Waals surface area contributed by atoms with Crippen LogP contribution in [0.15, 0.2) is 102 Å². The molecule has 160 valence electrons. The van der Waals surface area contributed by atoms with Crippen LogP contribution in [0.4, 0.5) is 11.4 Å². The number of para-hydroxylation sites is 2. The lowest BCUT2D eigenvalue weighted by Crippen LogP contribution is -2.29. The van der Waals surface area contributed by atoms with Crippen molar-refractivity contribution in [3.05, 3.63) is 113 Å². The number of hydrogen-bond acceptors (Lipinski definition) is 4. The van der Waals surface area contributed by atoms with Crippen molar-refractivity contribution in [3.8, 4) is 28.5 Å². The second-order valence-electron chi connectivity index (χ2n) is 8.24. The van der Waals surface area contributed by atoms with E-state index >= 15 is 0 Å². The first-order chi connectivity index (χ1) is 16.3. The van der Waals surface area contributed by atoms with Crippen LogP contribution in [0.5, 0.6) is 0 Å². The van der Waals surface area contributed by atoms with Crippen molar-refractivity contribution in [3.63, 3.8) is 0 Å². The van der Waals surface area contributed by atoms with Gasteiger partial charge in [-0.3, -0.25) is 4.79 Å². The van der Waals surface area contributed by atoms with Crippen LogP contribution < -0.4 is 10.3 Å². The summed E-state index contributed by atoms with van der Waals surface area (Å²) in [5.74, 6) is 0.621. The molecule has 2 aliphatic heterocycles. The molecule has 0 unspecified atom stereocenters. The summed E-state index contributed by atoms with van der Waals surface area (Å²) in [6.45, 7) is 0.813. The maximum absolute atomic E-state index is 13.4. The minimum Gasteiger partial charge on any atom is -0.338 e. The second kappa shape index (κ2) is 8.02. The van der Waals surface area contributed by atoms with Crippen LogP contribution in [-0.2, 0) is 6.42 Å². The molecule has 0 aromatic heterocycles. The van der Waals surface area contributed by atoms with Crippen LogP contribution in [-0.4, -0.2) is 21.3 Å². The highest BCUT2D eigenvalue weighted by atomic mass is 16.1. The summed E-state index contributed by atoms with van der Waals surface area (Å²) in [5, 5.41) is 4.81. The van der Waals surface area contributed by atoms with Gasteiger partial charge in [0.05, 0.1) is 22.8 Å². The first-order valence-corrected chi connectivity index (χ1v) is 11.2. The lowest BCUT2D eigenvalue weighted by molar-refractivity contribution is 0.764. The van der Waals surface area contributed by atoms with Crippen LogP contribution in [0.25, 0.3) is 28.5 Å². The standard InChI is InChI=1S/C28H22N4O/c33-27-19-25-23(18-26(27)31-17-9-13-20-10-7-8-16-24(20)31)29-28(21-11-3-1-4-12-21)30-32(25)22-14-5-2-6-15-22/h1-8,10-12,14-16,18-19H,9,13,17H2. The second-order valence-corrected chi connectivity index (χ2v) is 8.24. The third kappa shape index (κ3) is 3.48. The molecule has 5 nitrogen and oxygen atoms in total. The minimum absolute atomic E-state index is 0.0278. The number of nitrogens with zero attached hydrogens (tertiary/aromatic N) is 4. The molecule has 0 bridgehead atoms. The first kappa shape index (κ1) is 19.4. The number of hydrogen-bond donors (Lipinski definition) is 0. The van der Waals surface area contributed by atoms with Crippen LogP contribution >= 0.6 is 0 Å². The fourth-order valence-electron chi connectivity index (χ4n) is 4.56. The highest BCUT2D eigenvalue weighted by molar-refractivity contribution is 5.74. The van der Waals surface area contributed by atoms with Gasteiger partial charge in [-0.15, -0.1) is 5.10 Å². The Morgan fingerprint density at radius 2 is 1.48 bits per heavy atom. The van der Waals surface area contributed by atoms with Gasteiger partial charge in [-0.25, -0.2) is 9.67 Å². The van der Waals surface area contributed by atoms with Gasteiger partial charge in [-0.1, -0.05) is 66.7 Å². The average Bonchev–Trinajstić information content (AvgIpc) is 2.88. The van der Waals surface area contributed by atoms with Crippen molar-refractivity contribution in [2.24, 2.45) is 0 Å². The SMILES string of the molecule is O=c1cc2n(-c3ccccc3)nc(-c3ccccc3)nc-2cc1N1CCCc2ccccc21. The topological polar surface area (TPSA) is 51.0 Å². The van der Waals surface area contributed by atoms with Crippen LogP contribution in [0.2, 0.25) is 0 Å². The Labute approximate surface area is 191 Å². The Balaban J connectivity index is 1.59. The van der Waals surface area contributed by atoms with Crippen LogP contribution in [0, 0.1) is 0 Å². The average molecular weight is 431 g/mol. The van der Waals surface area contributed by atoms with Crippen molar-refractivity contribution in [2.45, 2.75) is 12.8 Å². The van der Waals surface area contributed by atoms with Gasteiger partial charge in [0.1, 0.15) is 0 Å². The van der Waals surface area contributed by atoms with E-state index in [0.29, 0.717) is 17.2 Å². The van der Waals surface area contributed by atoms with E-state index in [-0.39, 0.29) is 5.43 Å². The largest absolute Gasteiger partial charge is 0.338 e. The molecule has 3 aliphatic rings. The Hall–Kier alpha value is -4.25. The number of fused-ring (bicyclic) bond motifs is 2. The van der Waals surface area contributed by atoms with Gasteiger partial charge in [-0.2, -0.15) is 0 Å². The van der Waals surface area contributed by atoms with E-state index in [9.17, 15) is 4.79 Å². The zero-order chi connectivity index (χ0) is 22.2. The Kier molecular flexibility index (Phi) is 4.73. The van der Waals surface area contributed by atoms with Gasteiger partial charge in [0, 0.05) is 23.9 Å². The zero-order valence-electron chi connectivity index (χ0n) is 18.1. The highest BCUT2D eigenvalue weighted by Gasteiger charge is 2.23. The van der Waals surface area contributed by atoms with Crippen molar-refractivity contribution in [2.75, 3.05) is 11.4 Å². The fraction of sp³-hybridized carbons (Fsp3) is 0.107. The summed E-state index contributed by atoms with van der Waals surface area (Å²) in [7, 11) is 0. The van der Waals surface area contributed by atoms with Gasteiger partial charge >= 0.3 is 0 Å². The van der Waals surface area contributed by atoms with E-state index in [2.05, 4.69) is 23.1 Å².